The molecule has 0 unspecified atom stereocenters. The second-order valence-corrected chi connectivity index (χ2v) is 2.82. The number of hydrogen-bond donors (Lipinski definition) is 3. The largest absolute Gasteiger partial charge is 0.481 e. The van der Waals surface area contributed by atoms with E-state index in [1.165, 1.54) is 0 Å². The van der Waals surface area contributed by atoms with Gasteiger partial charge in [0.15, 0.2) is 0 Å². The van der Waals surface area contributed by atoms with Crippen LogP contribution in [0.2, 0.25) is 0 Å². The molecule has 0 rings (SSSR count). The van der Waals surface area contributed by atoms with Gasteiger partial charge in [-0.3, -0.25) is 9.59 Å². The van der Waals surface area contributed by atoms with Gasteiger partial charge in [0.25, 0.3) is 0 Å². The van der Waals surface area contributed by atoms with Gasteiger partial charge in [-0.2, -0.15) is 0 Å². The zero-order chi connectivity index (χ0) is 10.1. The minimum Gasteiger partial charge on any atom is -0.481 e. The van der Waals surface area contributed by atoms with Crippen molar-refractivity contribution < 1.29 is 14.7 Å². The van der Waals surface area contributed by atoms with Gasteiger partial charge >= 0.3 is 5.97 Å². The van der Waals surface area contributed by atoms with E-state index in [2.05, 4.69) is 5.32 Å². The molecule has 5 heteroatoms. The Bertz CT molecular complexity index is 153. The smallest absolute Gasteiger partial charge is 0.303 e. The second-order valence-electron chi connectivity index (χ2n) is 2.82. The van der Waals surface area contributed by atoms with Crippen LogP contribution in [0.1, 0.15) is 25.7 Å². The van der Waals surface area contributed by atoms with Crippen molar-refractivity contribution >= 4 is 11.9 Å². The van der Waals surface area contributed by atoms with Crippen LogP contribution in [-0.4, -0.2) is 30.1 Å². The summed E-state index contributed by atoms with van der Waals surface area (Å²) in [7, 11) is 0. The summed E-state index contributed by atoms with van der Waals surface area (Å²) >= 11 is 0. The lowest BCUT2D eigenvalue weighted by molar-refractivity contribution is -0.137. The van der Waals surface area contributed by atoms with Gasteiger partial charge in [0.1, 0.15) is 0 Å². The molecule has 0 aromatic rings. The first-order valence-corrected chi connectivity index (χ1v) is 4.33. The molecule has 1 amide bonds. The van der Waals surface area contributed by atoms with Crippen molar-refractivity contribution in [3.05, 3.63) is 0 Å². The molecule has 0 aliphatic rings. The number of nitrogens with two attached hydrogens (primary N) is 1. The molecular weight excluding hydrogens is 172 g/mol. The highest BCUT2D eigenvalue weighted by Gasteiger charge is 1.96. The zero-order valence-corrected chi connectivity index (χ0v) is 7.58. The maximum Gasteiger partial charge on any atom is 0.303 e. The SMILES string of the molecule is NC(=O)CCCNCCCC(=O)O. The summed E-state index contributed by atoms with van der Waals surface area (Å²) in [5, 5.41) is 11.3. The Balaban J connectivity index is 3.00. The van der Waals surface area contributed by atoms with E-state index < -0.39 is 5.97 Å². The Hall–Kier alpha value is -1.10. The Labute approximate surface area is 77.3 Å². The van der Waals surface area contributed by atoms with Crippen LogP contribution in [0.25, 0.3) is 0 Å². The summed E-state index contributed by atoms with van der Waals surface area (Å²) in [5.41, 5.74) is 4.93. The predicted molar refractivity (Wildman–Crippen MR) is 48.2 cm³/mol. The highest BCUT2D eigenvalue weighted by atomic mass is 16.4. The van der Waals surface area contributed by atoms with Crippen LogP contribution in [0.15, 0.2) is 0 Å². The van der Waals surface area contributed by atoms with Crippen LogP contribution >= 0.6 is 0 Å². The molecule has 0 aliphatic carbocycles. The average Bonchev–Trinajstić information content (AvgIpc) is 2.01. The van der Waals surface area contributed by atoms with E-state index in [-0.39, 0.29) is 12.3 Å². The van der Waals surface area contributed by atoms with E-state index in [9.17, 15) is 9.59 Å². The number of amides is 1. The van der Waals surface area contributed by atoms with Crippen molar-refractivity contribution in [2.75, 3.05) is 13.1 Å². The summed E-state index contributed by atoms with van der Waals surface area (Å²) in [5.74, 6) is -1.08. The molecule has 0 spiro atoms. The lowest BCUT2D eigenvalue weighted by atomic mass is 10.3. The molecule has 4 N–H and O–H groups in total. The molecule has 0 saturated heterocycles. The van der Waals surface area contributed by atoms with Gasteiger partial charge in [-0.25, -0.2) is 0 Å². The lowest BCUT2D eigenvalue weighted by Crippen LogP contribution is -2.20. The molecule has 76 valence electrons. The maximum absolute atomic E-state index is 10.3. The first kappa shape index (κ1) is 11.9. The van der Waals surface area contributed by atoms with E-state index in [1.807, 2.05) is 0 Å². The average molecular weight is 188 g/mol. The Morgan fingerprint density at radius 2 is 1.69 bits per heavy atom. The molecular formula is C8H16N2O3. The number of carboxylic acid groups (broad SMARTS) is 1. The molecule has 0 radical (unpaired) electrons. The van der Waals surface area contributed by atoms with Crippen molar-refractivity contribution in [2.45, 2.75) is 25.7 Å². The van der Waals surface area contributed by atoms with E-state index in [0.29, 0.717) is 32.4 Å². The van der Waals surface area contributed by atoms with Crippen LogP contribution in [0, 0.1) is 0 Å². The first-order chi connectivity index (χ1) is 6.13. The highest BCUT2D eigenvalue weighted by Crippen LogP contribution is 1.88. The summed E-state index contributed by atoms with van der Waals surface area (Å²) in [6, 6.07) is 0. The van der Waals surface area contributed by atoms with Crippen molar-refractivity contribution in [3.8, 4) is 0 Å². The molecule has 0 saturated carbocycles. The number of carboxylic acids is 1. The first-order valence-electron chi connectivity index (χ1n) is 4.33. The van der Waals surface area contributed by atoms with Crippen LogP contribution in [0.5, 0.6) is 0 Å². The normalized spacial score (nSPS) is 9.85. The number of nitrogens with one attached hydrogen (secondary N) is 1. The summed E-state index contributed by atoms with van der Waals surface area (Å²) in [6.07, 6.45) is 1.89. The van der Waals surface area contributed by atoms with Gasteiger partial charge in [0.2, 0.25) is 5.91 Å². The molecule has 0 fully saturated rings. The molecule has 0 bridgehead atoms. The molecule has 5 nitrogen and oxygen atoms in total. The monoisotopic (exact) mass is 188 g/mol. The number of carbonyl (C=O) groups excluding carboxylic acids is 1. The fourth-order valence-electron chi connectivity index (χ4n) is 0.877. The number of hydrogen-bond acceptors (Lipinski definition) is 3. The van der Waals surface area contributed by atoms with Gasteiger partial charge in [0.05, 0.1) is 0 Å². The molecule has 0 heterocycles. The number of carbonyl (C=O) groups is 2. The van der Waals surface area contributed by atoms with Crippen molar-refractivity contribution in [1.82, 2.24) is 5.32 Å². The van der Waals surface area contributed by atoms with Gasteiger partial charge in [-0.15, -0.1) is 0 Å². The summed E-state index contributed by atoms with van der Waals surface area (Å²) in [6.45, 7) is 1.38. The van der Waals surface area contributed by atoms with Crippen LogP contribution in [-0.2, 0) is 9.59 Å². The van der Waals surface area contributed by atoms with Gasteiger partial charge in [0, 0.05) is 12.8 Å². The van der Waals surface area contributed by atoms with E-state index in [0.717, 1.165) is 0 Å². The van der Waals surface area contributed by atoms with Crippen molar-refractivity contribution in [3.63, 3.8) is 0 Å². The standard InChI is InChI=1S/C8H16N2O3/c9-7(11)3-1-5-10-6-2-4-8(12)13/h10H,1-6H2,(H2,9,11)(H,12,13). The molecule has 0 atom stereocenters. The van der Waals surface area contributed by atoms with E-state index >= 15 is 0 Å². The zero-order valence-electron chi connectivity index (χ0n) is 7.58. The van der Waals surface area contributed by atoms with Gasteiger partial charge in [-0.1, -0.05) is 0 Å². The van der Waals surface area contributed by atoms with Crippen molar-refractivity contribution in [2.24, 2.45) is 5.73 Å². The second kappa shape index (κ2) is 7.54. The quantitative estimate of drug-likeness (QED) is 0.456. The highest BCUT2D eigenvalue weighted by molar-refractivity contribution is 5.73. The molecule has 13 heavy (non-hydrogen) atoms. The third-order valence-corrected chi connectivity index (χ3v) is 1.52. The predicted octanol–water partition coefficient (Wildman–Crippen LogP) is -0.294. The Morgan fingerprint density at radius 1 is 1.15 bits per heavy atom. The third kappa shape index (κ3) is 10.9. The van der Waals surface area contributed by atoms with Crippen LogP contribution < -0.4 is 11.1 Å². The maximum atomic E-state index is 10.3. The van der Waals surface area contributed by atoms with Gasteiger partial charge in [-0.05, 0) is 25.9 Å². The van der Waals surface area contributed by atoms with Crippen LogP contribution in [0.4, 0.5) is 0 Å². The minimum absolute atomic E-state index is 0.183. The fraction of sp³-hybridized carbons (Fsp3) is 0.750. The Kier molecular flexibility index (Phi) is 6.91. The summed E-state index contributed by atoms with van der Waals surface area (Å²) < 4.78 is 0. The van der Waals surface area contributed by atoms with Crippen molar-refractivity contribution in [1.29, 1.82) is 0 Å². The fourth-order valence-corrected chi connectivity index (χ4v) is 0.877. The summed E-state index contributed by atoms with van der Waals surface area (Å²) in [4.78, 5) is 20.4. The van der Waals surface area contributed by atoms with E-state index in [1.54, 1.807) is 0 Å². The molecule has 0 aromatic carbocycles. The molecule has 0 aromatic heterocycles. The van der Waals surface area contributed by atoms with Crippen LogP contribution in [0.3, 0.4) is 0 Å². The van der Waals surface area contributed by atoms with Gasteiger partial charge < -0.3 is 16.2 Å². The number of aliphatic carboxylic acids is 1. The Morgan fingerprint density at radius 3 is 2.15 bits per heavy atom. The number of rotatable bonds is 8. The topological polar surface area (TPSA) is 92.4 Å². The third-order valence-electron chi connectivity index (χ3n) is 1.52. The van der Waals surface area contributed by atoms with E-state index in [4.69, 9.17) is 10.8 Å². The lowest BCUT2D eigenvalue weighted by Gasteiger charge is -2.01. The molecule has 0 aliphatic heterocycles. The minimum atomic E-state index is -0.779. The number of primary amides is 1.